The molecule has 1 atom stereocenters. The summed E-state index contributed by atoms with van der Waals surface area (Å²) in [6.07, 6.45) is 8.28. The molecule has 0 fully saturated rings. The maximum absolute atomic E-state index is 3.94. The lowest BCUT2D eigenvalue weighted by Crippen LogP contribution is -2.17. The van der Waals surface area contributed by atoms with E-state index in [2.05, 4.69) is 73.4 Å². The number of benzene rings is 2. The van der Waals surface area contributed by atoms with Gasteiger partial charge in [-0.15, -0.1) is 0 Å². The first-order chi connectivity index (χ1) is 10.3. The smallest absolute Gasteiger partial charge is 0.0704 e. The fourth-order valence-electron chi connectivity index (χ4n) is 2.67. The minimum absolute atomic E-state index is 0.201. The van der Waals surface area contributed by atoms with Gasteiger partial charge in [-0.2, -0.15) is 0 Å². The van der Waals surface area contributed by atoms with Crippen LogP contribution in [0.2, 0.25) is 0 Å². The monoisotopic (exact) mass is 273 g/mol. The van der Waals surface area contributed by atoms with Crippen molar-refractivity contribution in [1.29, 1.82) is 0 Å². The molecule has 1 aliphatic rings. The Hall–Kier alpha value is -2.54. The van der Waals surface area contributed by atoms with Crippen LogP contribution < -0.4 is 5.32 Å². The molecule has 0 amide bonds. The van der Waals surface area contributed by atoms with Crippen LogP contribution in [0.3, 0.4) is 0 Å². The minimum Gasteiger partial charge on any atom is -0.381 e. The Morgan fingerprint density at radius 3 is 2.57 bits per heavy atom. The molecule has 1 heteroatoms. The van der Waals surface area contributed by atoms with E-state index < -0.39 is 0 Å². The molecule has 0 aromatic heterocycles. The average molecular weight is 273 g/mol. The Bertz CT molecular complexity index is 708. The van der Waals surface area contributed by atoms with E-state index in [4.69, 9.17) is 0 Å². The summed E-state index contributed by atoms with van der Waals surface area (Å²) in [6, 6.07) is 17.2. The van der Waals surface area contributed by atoms with Gasteiger partial charge in [0.25, 0.3) is 0 Å². The van der Waals surface area contributed by atoms with Gasteiger partial charge in [0.05, 0.1) is 6.04 Å². The van der Waals surface area contributed by atoms with Gasteiger partial charge in [0.15, 0.2) is 0 Å². The van der Waals surface area contributed by atoms with Gasteiger partial charge >= 0.3 is 0 Å². The molecule has 0 bridgehead atoms. The van der Waals surface area contributed by atoms with Crippen LogP contribution in [-0.2, 0) is 0 Å². The van der Waals surface area contributed by atoms with E-state index in [1.54, 1.807) is 0 Å². The molecule has 3 rings (SSSR count). The largest absolute Gasteiger partial charge is 0.381 e. The van der Waals surface area contributed by atoms with E-state index >= 15 is 0 Å². The van der Waals surface area contributed by atoms with Crippen LogP contribution in [0.4, 0.5) is 0 Å². The first-order valence-corrected chi connectivity index (χ1v) is 7.21. The molecule has 0 spiro atoms. The molecule has 21 heavy (non-hydrogen) atoms. The van der Waals surface area contributed by atoms with Crippen LogP contribution in [0.5, 0.6) is 0 Å². The van der Waals surface area contributed by atoms with Crippen molar-refractivity contribution in [3.05, 3.63) is 90.2 Å². The summed E-state index contributed by atoms with van der Waals surface area (Å²) in [6.45, 7) is 6.07. The zero-order chi connectivity index (χ0) is 14.7. The van der Waals surface area contributed by atoms with Crippen LogP contribution in [0.25, 0.3) is 17.2 Å². The van der Waals surface area contributed by atoms with E-state index in [0.717, 1.165) is 0 Å². The summed E-state index contributed by atoms with van der Waals surface area (Å²) in [5.74, 6) is 0. The van der Waals surface area contributed by atoms with Gasteiger partial charge in [-0.1, -0.05) is 66.8 Å². The lowest BCUT2D eigenvalue weighted by Gasteiger charge is -2.21. The maximum atomic E-state index is 3.94. The highest BCUT2D eigenvalue weighted by atomic mass is 14.9. The van der Waals surface area contributed by atoms with E-state index in [-0.39, 0.29) is 6.04 Å². The fraction of sp³-hybridized carbons (Fsp3) is 0.100. The Balaban J connectivity index is 2.06. The van der Waals surface area contributed by atoms with E-state index in [1.165, 1.54) is 27.8 Å². The quantitative estimate of drug-likeness (QED) is 0.820. The number of dihydropyridines is 1. The fourth-order valence-corrected chi connectivity index (χ4v) is 2.67. The molecule has 1 N–H and O–H groups in total. The molecule has 0 aliphatic carbocycles. The molecule has 0 saturated heterocycles. The van der Waals surface area contributed by atoms with Crippen molar-refractivity contribution in [2.75, 3.05) is 0 Å². The highest BCUT2D eigenvalue weighted by molar-refractivity contribution is 5.68. The summed E-state index contributed by atoms with van der Waals surface area (Å²) < 4.78 is 0. The van der Waals surface area contributed by atoms with Crippen LogP contribution in [-0.4, -0.2) is 0 Å². The second kappa shape index (κ2) is 5.84. The lowest BCUT2D eigenvalue weighted by atomic mass is 9.93. The third-order valence-electron chi connectivity index (χ3n) is 3.80. The number of rotatable bonds is 3. The molecule has 0 saturated carbocycles. The van der Waals surface area contributed by atoms with Crippen molar-refractivity contribution >= 4 is 6.08 Å². The topological polar surface area (TPSA) is 12.0 Å². The van der Waals surface area contributed by atoms with E-state index in [0.29, 0.717) is 0 Å². The van der Waals surface area contributed by atoms with Crippen LogP contribution in [0, 0.1) is 0 Å². The second-order valence-corrected chi connectivity index (χ2v) is 5.30. The summed E-state index contributed by atoms with van der Waals surface area (Å²) >= 11 is 0. The Kier molecular flexibility index (Phi) is 3.74. The molecular weight excluding hydrogens is 254 g/mol. The lowest BCUT2D eigenvalue weighted by molar-refractivity contribution is 0.738. The first kappa shape index (κ1) is 13.4. The van der Waals surface area contributed by atoms with Gasteiger partial charge in [-0.05, 0) is 47.5 Å². The zero-order valence-electron chi connectivity index (χ0n) is 12.2. The predicted octanol–water partition coefficient (Wildman–Crippen LogP) is 5.10. The molecule has 1 nitrogen and oxygen atoms in total. The summed E-state index contributed by atoms with van der Waals surface area (Å²) in [5.41, 5.74) is 6.18. The van der Waals surface area contributed by atoms with Crippen molar-refractivity contribution in [2.45, 2.75) is 13.0 Å². The molecule has 1 heterocycles. The minimum atomic E-state index is 0.201. The molecule has 1 unspecified atom stereocenters. The van der Waals surface area contributed by atoms with Crippen molar-refractivity contribution in [2.24, 2.45) is 0 Å². The predicted molar refractivity (Wildman–Crippen MR) is 90.7 cm³/mol. The average Bonchev–Trinajstić information content (AvgIpc) is 2.55. The molecule has 104 valence electrons. The Morgan fingerprint density at radius 1 is 1.05 bits per heavy atom. The van der Waals surface area contributed by atoms with E-state index in [9.17, 15) is 0 Å². The standard InChI is InChI=1S/C20H19N/c1-3-16-9-10-18(17-7-5-4-6-8-17)14-19(16)20-13-15(2)11-12-21-20/h3-14,20-21H,1H2,2H3. The van der Waals surface area contributed by atoms with Gasteiger partial charge in [-0.25, -0.2) is 0 Å². The van der Waals surface area contributed by atoms with Gasteiger partial charge < -0.3 is 5.32 Å². The third kappa shape index (κ3) is 2.82. The Labute approximate surface area is 126 Å². The zero-order valence-corrected chi connectivity index (χ0v) is 12.2. The first-order valence-electron chi connectivity index (χ1n) is 7.21. The molecule has 2 aromatic rings. The summed E-state index contributed by atoms with van der Waals surface area (Å²) in [4.78, 5) is 0. The number of allylic oxidation sites excluding steroid dienone is 2. The van der Waals surface area contributed by atoms with Crippen molar-refractivity contribution < 1.29 is 0 Å². The van der Waals surface area contributed by atoms with Gasteiger partial charge in [0.1, 0.15) is 0 Å². The third-order valence-corrected chi connectivity index (χ3v) is 3.80. The van der Waals surface area contributed by atoms with Gasteiger partial charge in [0.2, 0.25) is 0 Å². The molecular formula is C20H19N. The van der Waals surface area contributed by atoms with Gasteiger partial charge in [-0.3, -0.25) is 0 Å². The highest BCUT2D eigenvalue weighted by Gasteiger charge is 2.13. The van der Waals surface area contributed by atoms with Crippen LogP contribution in [0.1, 0.15) is 24.1 Å². The van der Waals surface area contributed by atoms with Crippen molar-refractivity contribution in [3.8, 4) is 11.1 Å². The molecule has 0 radical (unpaired) electrons. The van der Waals surface area contributed by atoms with Crippen molar-refractivity contribution in [3.63, 3.8) is 0 Å². The van der Waals surface area contributed by atoms with Crippen LogP contribution in [0.15, 0.2) is 79.0 Å². The van der Waals surface area contributed by atoms with E-state index in [1.807, 2.05) is 18.3 Å². The highest BCUT2D eigenvalue weighted by Crippen LogP contribution is 2.29. The Morgan fingerprint density at radius 2 is 1.86 bits per heavy atom. The second-order valence-electron chi connectivity index (χ2n) is 5.30. The van der Waals surface area contributed by atoms with Crippen molar-refractivity contribution in [1.82, 2.24) is 5.32 Å². The summed E-state index contributed by atoms with van der Waals surface area (Å²) in [7, 11) is 0. The number of hydrogen-bond donors (Lipinski definition) is 1. The number of hydrogen-bond acceptors (Lipinski definition) is 1. The molecule has 1 aliphatic heterocycles. The summed E-state index contributed by atoms with van der Waals surface area (Å²) in [5, 5.41) is 3.41. The number of nitrogens with one attached hydrogen (secondary N) is 1. The molecule has 2 aromatic carbocycles. The maximum Gasteiger partial charge on any atom is 0.0704 e. The van der Waals surface area contributed by atoms with Gasteiger partial charge in [0, 0.05) is 0 Å². The SMILES string of the molecule is C=Cc1ccc(-c2ccccc2)cc1C1C=C(C)C=CN1. The normalized spacial score (nSPS) is 17.0. The van der Waals surface area contributed by atoms with Crippen LogP contribution >= 0.6 is 0 Å².